The highest BCUT2D eigenvalue weighted by molar-refractivity contribution is 9.10. The molecule has 1 fully saturated rings. The number of hydrogen-bond donors (Lipinski definition) is 1. The van der Waals surface area contributed by atoms with E-state index in [0.29, 0.717) is 12.1 Å². The SMILES string of the molecule is NC1CCCN2c3cc(Br)ccc3CC12. The first-order chi connectivity index (χ1) is 7.25. The average Bonchev–Trinajstić information content (AvgIpc) is 2.58. The lowest BCUT2D eigenvalue weighted by atomic mass is 9.96. The summed E-state index contributed by atoms with van der Waals surface area (Å²) in [6.07, 6.45) is 3.53. The van der Waals surface area contributed by atoms with E-state index in [4.69, 9.17) is 5.73 Å². The van der Waals surface area contributed by atoms with Gasteiger partial charge in [0.05, 0.1) is 0 Å². The molecule has 2 aliphatic heterocycles. The van der Waals surface area contributed by atoms with E-state index in [2.05, 4.69) is 39.0 Å². The molecule has 3 heteroatoms. The minimum Gasteiger partial charge on any atom is -0.366 e. The van der Waals surface area contributed by atoms with Gasteiger partial charge in [0.2, 0.25) is 0 Å². The number of benzene rings is 1. The van der Waals surface area contributed by atoms with Gasteiger partial charge in [-0.1, -0.05) is 22.0 Å². The summed E-state index contributed by atoms with van der Waals surface area (Å²) < 4.78 is 1.17. The number of anilines is 1. The van der Waals surface area contributed by atoms with E-state index in [1.54, 1.807) is 0 Å². The number of nitrogens with two attached hydrogens (primary N) is 1. The van der Waals surface area contributed by atoms with E-state index in [1.807, 2.05) is 0 Å². The van der Waals surface area contributed by atoms with Gasteiger partial charge in [-0.05, 0) is 37.0 Å². The molecule has 0 spiro atoms. The lowest BCUT2D eigenvalue weighted by Crippen LogP contribution is -2.50. The van der Waals surface area contributed by atoms with Crippen LogP contribution < -0.4 is 10.6 Å². The van der Waals surface area contributed by atoms with Crippen LogP contribution in [0.2, 0.25) is 0 Å². The van der Waals surface area contributed by atoms with Crippen molar-refractivity contribution in [1.82, 2.24) is 0 Å². The summed E-state index contributed by atoms with van der Waals surface area (Å²) in [5.41, 5.74) is 9.04. The number of rotatable bonds is 0. The molecular formula is C12H15BrN2. The highest BCUT2D eigenvalue weighted by Crippen LogP contribution is 2.37. The summed E-state index contributed by atoms with van der Waals surface area (Å²) >= 11 is 3.54. The molecule has 1 saturated heterocycles. The Bertz CT molecular complexity index is 391. The van der Waals surface area contributed by atoms with Crippen LogP contribution in [0.15, 0.2) is 22.7 Å². The lowest BCUT2D eigenvalue weighted by Gasteiger charge is -2.36. The van der Waals surface area contributed by atoms with Crippen molar-refractivity contribution in [2.24, 2.45) is 5.73 Å². The largest absolute Gasteiger partial charge is 0.366 e. The van der Waals surface area contributed by atoms with Crippen LogP contribution in [0, 0.1) is 0 Å². The lowest BCUT2D eigenvalue weighted by molar-refractivity contribution is 0.415. The normalized spacial score (nSPS) is 28.8. The molecule has 2 N–H and O–H groups in total. The van der Waals surface area contributed by atoms with Gasteiger partial charge in [0.1, 0.15) is 0 Å². The minimum absolute atomic E-state index is 0.352. The summed E-state index contributed by atoms with van der Waals surface area (Å²) in [7, 11) is 0. The molecule has 2 nitrogen and oxygen atoms in total. The third-order valence-corrected chi connectivity index (χ3v) is 4.11. The molecule has 0 amide bonds. The van der Waals surface area contributed by atoms with Crippen LogP contribution in [0.3, 0.4) is 0 Å². The zero-order valence-corrected chi connectivity index (χ0v) is 10.2. The Morgan fingerprint density at radius 2 is 2.27 bits per heavy atom. The third kappa shape index (κ3) is 1.49. The van der Waals surface area contributed by atoms with Gasteiger partial charge in [-0.25, -0.2) is 0 Å². The fourth-order valence-corrected chi connectivity index (χ4v) is 3.20. The van der Waals surface area contributed by atoms with Crippen molar-refractivity contribution in [3.8, 4) is 0 Å². The number of fused-ring (bicyclic) bond motifs is 3. The fourth-order valence-electron chi connectivity index (χ4n) is 2.85. The molecule has 0 aliphatic carbocycles. The highest BCUT2D eigenvalue weighted by Gasteiger charge is 2.35. The number of halogens is 1. The Labute approximate surface area is 98.6 Å². The van der Waals surface area contributed by atoms with Crippen LogP contribution in [0.25, 0.3) is 0 Å². The molecule has 0 aromatic heterocycles. The Morgan fingerprint density at radius 1 is 1.40 bits per heavy atom. The second-order valence-corrected chi connectivity index (χ2v) is 5.46. The first-order valence-corrected chi connectivity index (χ1v) is 6.35. The van der Waals surface area contributed by atoms with Gasteiger partial charge in [0, 0.05) is 28.8 Å². The Morgan fingerprint density at radius 3 is 3.13 bits per heavy atom. The monoisotopic (exact) mass is 266 g/mol. The first kappa shape index (κ1) is 9.67. The molecule has 80 valence electrons. The molecule has 0 radical (unpaired) electrons. The molecule has 3 rings (SSSR count). The van der Waals surface area contributed by atoms with Crippen LogP contribution in [-0.2, 0) is 6.42 Å². The molecule has 2 unspecified atom stereocenters. The fraction of sp³-hybridized carbons (Fsp3) is 0.500. The van der Waals surface area contributed by atoms with Crippen molar-refractivity contribution in [2.75, 3.05) is 11.4 Å². The molecule has 2 atom stereocenters. The van der Waals surface area contributed by atoms with Gasteiger partial charge >= 0.3 is 0 Å². The molecule has 15 heavy (non-hydrogen) atoms. The summed E-state index contributed by atoms with van der Waals surface area (Å²) in [4.78, 5) is 2.49. The highest BCUT2D eigenvalue weighted by atomic mass is 79.9. The van der Waals surface area contributed by atoms with Gasteiger partial charge in [-0.3, -0.25) is 0 Å². The molecular weight excluding hydrogens is 252 g/mol. The summed E-state index contributed by atoms with van der Waals surface area (Å²) in [6.45, 7) is 1.17. The van der Waals surface area contributed by atoms with Crippen molar-refractivity contribution in [3.63, 3.8) is 0 Å². The minimum atomic E-state index is 0.352. The van der Waals surface area contributed by atoms with Crippen LogP contribution in [0.4, 0.5) is 5.69 Å². The van der Waals surface area contributed by atoms with Crippen molar-refractivity contribution in [1.29, 1.82) is 0 Å². The Balaban J connectivity index is 2.01. The van der Waals surface area contributed by atoms with E-state index in [9.17, 15) is 0 Å². The van der Waals surface area contributed by atoms with Gasteiger partial charge in [-0.15, -0.1) is 0 Å². The maximum atomic E-state index is 6.18. The molecule has 1 aromatic carbocycles. The van der Waals surface area contributed by atoms with E-state index in [0.717, 1.165) is 6.42 Å². The standard InChI is InChI=1S/C12H15BrN2/c13-9-4-3-8-6-12-10(14)2-1-5-15(12)11(8)7-9/h3-4,7,10,12H,1-2,5-6,14H2. The Kier molecular flexibility index (Phi) is 2.25. The number of piperidine rings is 1. The zero-order valence-electron chi connectivity index (χ0n) is 8.62. The maximum absolute atomic E-state index is 6.18. The van der Waals surface area contributed by atoms with Crippen molar-refractivity contribution in [3.05, 3.63) is 28.2 Å². The molecule has 2 aliphatic rings. The van der Waals surface area contributed by atoms with E-state index in [-0.39, 0.29) is 0 Å². The van der Waals surface area contributed by atoms with Crippen molar-refractivity contribution >= 4 is 21.6 Å². The topological polar surface area (TPSA) is 29.3 Å². The van der Waals surface area contributed by atoms with Crippen LogP contribution in [0.1, 0.15) is 18.4 Å². The number of hydrogen-bond acceptors (Lipinski definition) is 2. The smallest absolute Gasteiger partial charge is 0.0482 e. The number of nitrogens with zero attached hydrogens (tertiary/aromatic N) is 1. The van der Waals surface area contributed by atoms with Gasteiger partial charge < -0.3 is 10.6 Å². The molecule has 0 bridgehead atoms. The predicted octanol–water partition coefficient (Wildman–Crippen LogP) is 2.30. The second-order valence-electron chi connectivity index (χ2n) is 4.54. The van der Waals surface area contributed by atoms with Gasteiger partial charge in [0.25, 0.3) is 0 Å². The molecule has 0 saturated carbocycles. The zero-order chi connectivity index (χ0) is 10.4. The molecule has 1 aromatic rings. The van der Waals surface area contributed by atoms with E-state index in [1.165, 1.54) is 35.1 Å². The molecule has 2 heterocycles. The Hall–Kier alpha value is -0.540. The van der Waals surface area contributed by atoms with Gasteiger partial charge in [0.15, 0.2) is 0 Å². The van der Waals surface area contributed by atoms with E-state index >= 15 is 0 Å². The first-order valence-electron chi connectivity index (χ1n) is 5.56. The predicted molar refractivity (Wildman–Crippen MR) is 66.2 cm³/mol. The average molecular weight is 267 g/mol. The maximum Gasteiger partial charge on any atom is 0.0482 e. The van der Waals surface area contributed by atoms with Crippen molar-refractivity contribution < 1.29 is 0 Å². The van der Waals surface area contributed by atoms with E-state index < -0.39 is 0 Å². The van der Waals surface area contributed by atoms with Crippen molar-refractivity contribution in [2.45, 2.75) is 31.3 Å². The van der Waals surface area contributed by atoms with Gasteiger partial charge in [-0.2, -0.15) is 0 Å². The summed E-state index contributed by atoms with van der Waals surface area (Å²) in [6, 6.07) is 7.48. The quantitative estimate of drug-likeness (QED) is 0.781. The summed E-state index contributed by atoms with van der Waals surface area (Å²) in [5, 5.41) is 0. The van der Waals surface area contributed by atoms with Crippen LogP contribution >= 0.6 is 15.9 Å². The summed E-state index contributed by atoms with van der Waals surface area (Å²) in [5.74, 6) is 0. The second kappa shape index (κ2) is 3.49. The van der Waals surface area contributed by atoms with Crippen LogP contribution in [0.5, 0.6) is 0 Å². The van der Waals surface area contributed by atoms with Crippen LogP contribution in [-0.4, -0.2) is 18.6 Å². The third-order valence-electron chi connectivity index (χ3n) is 3.62.